The first-order valence-corrected chi connectivity index (χ1v) is 9.76. The monoisotopic (exact) mass is 433 g/mol. The van der Waals surface area contributed by atoms with Crippen LogP contribution < -0.4 is 10.2 Å². The van der Waals surface area contributed by atoms with E-state index in [1.807, 2.05) is 23.6 Å². The van der Waals surface area contributed by atoms with E-state index in [4.69, 9.17) is 4.74 Å². The number of anilines is 1. The van der Waals surface area contributed by atoms with Crippen molar-refractivity contribution in [3.8, 4) is 17.0 Å². The van der Waals surface area contributed by atoms with E-state index in [0.29, 0.717) is 11.7 Å². The van der Waals surface area contributed by atoms with E-state index in [9.17, 15) is 4.39 Å². The molecule has 1 heterocycles. The fourth-order valence-corrected chi connectivity index (χ4v) is 3.35. The third-order valence-electron chi connectivity index (χ3n) is 3.44. The van der Waals surface area contributed by atoms with Crippen LogP contribution in [0.5, 0.6) is 5.75 Å². The van der Waals surface area contributed by atoms with Gasteiger partial charge in [0.05, 0.1) is 23.0 Å². The van der Waals surface area contributed by atoms with E-state index in [1.54, 1.807) is 18.3 Å². The first-order valence-electron chi connectivity index (χ1n) is 8.08. The van der Waals surface area contributed by atoms with E-state index in [0.717, 1.165) is 33.5 Å². The maximum atomic E-state index is 13.0. The van der Waals surface area contributed by atoms with E-state index in [1.165, 1.54) is 23.5 Å². The molecule has 7 heteroatoms. The number of hydrazone groups is 1. The molecule has 0 saturated carbocycles. The lowest BCUT2D eigenvalue weighted by molar-refractivity contribution is 0.315. The van der Waals surface area contributed by atoms with E-state index < -0.39 is 0 Å². The second kappa shape index (κ2) is 8.91. The molecule has 0 radical (unpaired) electrons. The van der Waals surface area contributed by atoms with Gasteiger partial charge in [-0.25, -0.2) is 9.37 Å². The van der Waals surface area contributed by atoms with Crippen LogP contribution >= 0.6 is 27.3 Å². The van der Waals surface area contributed by atoms with Crippen LogP contribution in [-0.2, 0) is 0 Å². The van der Waals surface area contributed by atoms with Gasteiger partial charge in [-0.1, -0.05) is 6.92 Å². The summed E-state index contributed by atoms with van der Waals surface area (Å²) in [6, 6.07) is 12.1. The molecule has 0 fully saturated rings. The Morgan fingerprint density at radius 1 is 1.27 bits per heavy atom. The summed E-state index contributed by atoms with van der Waals surface area (Å²) in [5.41, 5.74) is 5.51. The van der Waals surface area contributed by atoms with Crippen LogP contribution in [0.25, 0.3) is 11.3 Å². The van der Waals surface area contributed by atoms with Crippen molar-refractivity contribution in [2.45, 2.75) is 13.3 Å². The number of hydrogen-bond donors (Lipinski definition) is 1. The van der Waals surface area contributed by atoms with Gasteiger partial charge in [0.2, 0.25) is 5.13 Å². The van der Waals surface area contributed by atoms with E-state index in [-0.39, 0.29) is 5.82 Å². The summed E-state index contributed by atoms with van der Waals surface area (Å²) in [6.07, 6.45) is 2.68. The Hall–Kier alpha value is -2.25. The molecule has 0 bridgehead atoms. The third-order valence-corrected chi connectivity index (χ3v) is 4.80. The Kier molecular flexibility index (Phi) is 6.35. The van der Waals surface area contributed by atoms with Gasteiger partial charge in [-0.2, -0.15) is 5.10 Å². The number of benzene rings is 2. The minimum atomic E-state index is -0.260. The Morgan fingerprint density at radius 2 is 2.08 bits per heavy atom. The highest BCUT2D eigenvalue weighted by Crippen LogP contribution is 2.26. The maximum absolute atomic E-state index is 13.0. The average molecular weight is 434 g/mol. The van der Waals surface area contributed by atoms with Gasteiger partial charge >= 0.3 is 0 Å². The molecule has 0 unspecified atom stereocenters. The number of rotatable bonds is 7. The smallest absolute Gasteiger partial charge is 0.203 e. The zero-order valence-corrected chi connectivity index (χ0v) is 16.5. The molecule has 0 saturated heterocycles. The molecule has 3 aromatic rings. The maximum Gasteiger partial charge on any atom is 0.203 e. The lowest BCUT2D eigenvalue weighted by Gasteiger charge is -2.07. The molecule has 0 atom stereocenters. The molecule has 1 aromatic heterocycles. The van der Waals surface area contributed by atoms with Gasteiger partial charge in [0.15, 0.2) is 0 Å². The summed E-state index contributed by atoms with van der Waals surface area (Å²) in [5.74, 6) is 0.560. The molecule has 0 aliphatic heterocycles. The Morgan fingerprint density at radius 3 is 2.81 bits per heavy atom. The van der Waals surface area contributed by atoms with Crippen molar-refractivity contribution >= 4 is 38.6 Å². The molecule has 0 amide bonds. The van der Waals surface area contributed by atoms with Crippen molar-refractivity contribution in [2.75, 3.05) is 12.0 Å². The molecule has 134 valence electrons. The normalized spacial score (nSPS) is 11.0. The zero-order valence-electron chi connectivity index (χ0n) is 14.1. The predicted molar refractivity (Wildman–Crippen MR) is 109 cm³/mol. The Labute approximate surface area is 163 Å². The van der Waals surface area contributed by atoms with Crippen molar-refractivity contribution in [3.63, 3.8) is 0 Å². The second-order valence-corrected chi connectivity index (χ2v) is 7.17. The van der Waals surface area contributed by atoms with Gasteiger partial charge in [0.1, 0.15) is 11.6 Å². The van der Waals surface area contributed by atoms with Gasteiger partial charge in [0, 0.05) is 10.9 Å². The standard InChI is InChI=1S/C19H17BrFN3OS/c1-2-9-25-18-8-3-13(10-16(18)20)11-22-24-19-23-17(12-26-19)14-4-6-15(21)7-5-14/h3-8,10-12H,2,9H2,1H3,(H,23,24)/b22-11-. The molecule has 2 aromatic carbocycles. The average Bonchev–Trinajstić information content (AvgIpc) is 3.10. The van der Waals surface area contributed by atoms with Crippen molar-refractivity contribution in [1.82, 2.24) is 4.98 Å². The van der Waals surface area contributed by atoms with Crippen LogP contribution in [0.1, 0.15) is 18.9 Å². The summed E-state index contributed by atoms with van der Waals surface area (Å²) in [4.78, 5) is 4.45. The highest BCUT2D eigenvalue weighted by molar-refractivity contribution is 9.10. The van der Waals surface area contributed by atoms with E-state index >= 15 is 0 Å². The minimum Gasteiger partial charge on any atom is -0.492 e. The summed E-state index contributed by atoms with van der Waals surface area (Å²) in [6.45, 7) is 2.76. The van der Waals surface area contributed by atoms with Crippen molar-refractivity contribution < 1.29 is 9.13 Å². The topological polar surface area (TPSA) is 46.5 Å². The molecule has 0 spiro atoms. The lowest BCUT2D eigenvalue weighted by atomic mass is 10.2. The van der Waals surface area contributed by atoms with Crippen LogP contribution in [0.4, 0.5) is 9.52 Å². The van der Waals surface area contributed by atoms with Gasteiger partial charge in [-0.05, 0) is 70.4 Å². The van der Waals surface area contributed by atoms with Crippen molar-refractivity contribution in [1.29, 1.82) is 0 Å². The second-order valence-electron chi connectivity index (χ2n) is 5.45. The molecule has 0 aliphatic carbocycles. The molecule has 1 N–H and O–H groups in total. The number of nitrogens with zero attached hydrogens (tertiary/aromatic N) is 2. The van der Waals surface area contributed by atoms with Crippen LogP contribution in [-0.4, -0.2) is 17.8 Å². The van der Waals surface area contributed by atoms with Gasteiger partial charge in [-0.3, -0.25) is 5.43 Å². The van der Waals surface area contributed by atoms with Crippen molar-refractivity contribution in [3.05, 3.63) is 63.7 Å². The van der Waals surface area contributed by atoms with Gasteiger partial charge < -0.3 is 4.74 Å². The summed E-state index contributed by atoms with van der Waals surface area (Å²) in [5, 5.41) is 6.79. The molecular weight excluding hydrogens is 417 g/mol. The van der Waals surface area contributed by atoms with Gasteiger partial charge in [0.25, 0.3) is 0 Å². The number of nitrogens with one attached hydrogen (secondary N) is 1. The minimum absolute atomic E-state index is 0.260. The quantitative estimate of drug-likeness (QED) is 0.370. The summed E-state index contributed by atoms with van der Waals surface area (Å²) < 4.78 is 19.5. The molecule has 3 rings (SSSR count). The number of halogens is 2. The number of ether oxygens (including phenoxy) is 1. The molecule has 26 heavy (non-hydrogen) atoms. The number of aromatic nitrogens is 1. The van der Waals surface area contributed by atoms with Crippen LogP contribution in [0, 0.1) is 5.82 Å². The van der Waals surface area contributed by atoms with Gasteiger partial charge in [-0.15, -0.1) is 11.3 Å². The first-order chi connectivity index (χ1) is 12.7. The van der Waals surface area contributed by atoms with Crippen molar-refractivity contribution in [2.24, 2.45) is 5.10 Å². The number of hydrogen-bond acceptors (Lipinski definition) is 5. The van der Waals surface area contributed by atoms with Crippen LogP contribution in [0.2, 0.25) is 0 Å². The largest absolute Gasteiger partial charge is 0.492 e. The first kappa shape index (κ1) is 18.5. The highest BCUT2D eigenvalue weighted by Gasteiger charge is 2.04. The SMILES string of the molecule is CCCOc1ccc(/C=N\Nc2nc(-c3ccc(F)cc3)cs2)cc1Br. The lowest BCUT2D eigenvalue weighted by Crippen LogP contribution is -1.96. The fraction of sp³-hybridized carbons (Fsp3) is 0.158. The molecule has 0 aliphatic rings. The number of thiazole rings is 1. The van der Waals surface area contributed by atoms with E-state index in [2.05, 4.69) is 38.4 Å². The summed E-state index contributed by atoms with van der Waals surface area (Å²) in [7, 11) is 0. The Bertz CT molecular complexity index is 896. The molecular formula is C19H17BrFN3OS. The Balaban J connectivity index is 1.62. The molecule has 4 nitrogen and oxygen atoms in total. The third kappa shape index (κ3) is 4.89. The van der Waals surface area contributed by atoms with Crippen LogP contribution in [0.3, 0.4) is 0 Å². The summed E-state index contributed by atoms with van der Waals surface area (Å²) >= 11 is 4.94. The predicted octanol–water partition coefficient (Wildman–Crippen LogP) is 5.95. The van der Waals surface area contributed by atoms with Crippen LogP contribution in [0.15, 0.2) is 57.4 Å². The highest BCUT2D eigenvalue weighted by atomic mass is 79.9. The zero-order chi connectivity index (χ0) is 18.4. The fourth-order valence-electron chi connectivity index (χ4n) is 2.17.